The van der Waals surface area contributed by atoms with E-state index in [4.69, 9.17) is 0 Å². The molecular formula is C24H33BrN2. The van der Waals surface area contributed by atoms with E-state index < -0.39 is 0 Å². The molecule has 1 aromatic rings. The van der Waals surface area contributed by atoms with Gasteiger partial charge in [-0.25, -0.2) is 0 Å². The topological polar surface area (TPSA) is 15.6 Å². The van der Waals surface area contributed by atoms with E-state index >= 15 is 0 Å². The molecule has 0 spiro atoms. The fourth-order valence-electron chi connectivity index (χ4n) is 3.98. The van der Waals surface area contributed by atoms with Gasteiger partial charge in [-0.2, -0.15) is 0 Å². The third kappa shape index (κ3) is 4.63. The summed E-state index contributed by atoms with van der Waals surface area (Å²) in [6.45, 7) is 20.7. The van der Waals surface area contributed by atoms with Crippen molar-refractivity contribution in [3.05, 3.63) is 57.6 Å². The van der Waals surface area contributed by atoms with Crippen molar-refractivity contribution in [3.63, 3.8) is 0 Å². The summed E-state index contributed by atoms with van der Waals surface area (Å²) in [6.07, 6.45) is 6.40. The van der Waals surface area contributed by atoms with Gasteiger partial charge in [0.2, 0.25) is 0 Å². The van der Waals surface area contributed by atoms with Crippen LogP contribution in [0.25, 0.3) is 5.70 Å². The molecule has 2 rings (SSSR count). The summed E-state index contributed by atoms with van der Waals surface area (Å²) in [5, 5.41) is 0. The van der Waals surface area contributed by atoms with Crippen molar-refractivity contribution in [2.45, 2.75) is 66.3 Å². The summed E-state index contributed by atoms with van der Waals surface area (Å²) < 4.78 is 1.08. The molecule has 146 valence electrons. The Morgan fingerprint density at radius 1 is 1.33 bits per heavy atom. The highest BCUT2D eigenvalue weighted by molar-refractivity contribution is 9.10. The number of nitrogens with zero attached hydrogens (tertiary/aromatic N) is 2. The highest BCUT2D eigenvalue weighted by Crippen LogP contribution is 2.39. The number of halogens is 1. The van der Waals surface area contributed by atoms with Gasteiger partial charge in [-0.05, 0) is 75.8 Å². The maximum Gasteiger partial charge on any atom is 0.0758 e. The number of hydrogen-bond acceptors (Lipinski definition) is 2. The Bertz CT molecular complexity index is 786. The van der Waals surface area contributed by atoms with E-state index in [1.807, 2.05) is 13.1 Å². The van der Waals surface area contributed by atoms with Crippen LogP contribution in [0, 0.1) is 6.92 Å². The summed E-state index contributed by atoms with van der Waals surface area (Å²) in [5.74, 6) is 0. The predicted molar refractivity (Wildman–Crippen MR) is 124 cm³/mol. The normalized spacial score (nSPS) is 17.7. The second kappa shape index (κ2) is 9.54. The monoisotopic (exact) mass is 428 g/mol. The second-order valence-corrected chi connectivity index (χ2v) is 8.28. The number of benzene rings is 1. The molecule has 27 heavy (non-hydrogen) atoms. The van der Waals surface area contributed by atoms with Gasteiger partial charge in [0.15, 0.2) is 0 Å². The molecular weight excluding hydrogens is 396 g/mol. The van der Waals surface area contributed by atoms with Crippen LogP contribution in [0.3, 0.4) is 0 Å². The molecule has 0 saturated heterocycles. The smallest absolute Gasteiger partial charge is 0.0758 e. The molecule has 0 amide bonds. The molecule has 1 unspecified atom stereocenters. The maximum atomic E-state index is 4.65. The average Bonchev–Trinajstić information content (AvgIpc) is 2.63. The second-order valence-electron chi connectivity index (χ2n) is 7.42. The Balaban J connectivity index is 2.38. The van der Waals surface area contributed by atoms with Crippen LogP contribution in [-0.2, 0) is 0 Å². The van der Waals surface area contributed by atoms with Crippen molar-refractivity contribution in [1.82, 2.24) is 4.90 Å². The first-order valence-electron chi connectivity index (χ1n) is 9.94. The molecule has 1 aromatic carbocycles. The van der Waals surface area contributed by atoms with E-state index in [0.717, 1.165) is 46.4 Å². The zero-order valence-corrected chi connectivity index (χ0v) is 19.1. The molecule has 0 aliphatic carbocycles. The number of rotatable bonds is 7. The quantitative estimate of drug-likeness (QED) is 0.407. The first-order chi connectivity index (χ1) is 12.8. The van der Waals surface area contributed by atoms with Crippen LogP contribution < -0.4 is 0 Å². The molecule has 1 heterocycles. The Labute approximate surface area is 173 Å². The van der Waals surface area contributed by atoms with Gasteiger partial charge in [0.05, 0.1) is 11.7 Å². The van der Waals surface area contributed by atoms with Crippen LogP contribution in [0.4, 0.5) is 5.69 Å². The van der Waals surface area contributed by atoms with Crippen molar-refractivity contribution in [1.29, 1.82) is 0 Å². The van der Waals surface area contributed by atoms with Crippen LogP contribution in [0.15, 0.2) is 51.5 Å². The molecule has 1 aliphatic heterocycles. The summed E-state index contributed by atoms with van der Waals surface area (Å²) in [7, 11) is 0. The highest BCUT2D eigenvalue weighted by atomic mass is 79.9. The van der Waals surface area contributed by atoms with Crippen LogP contribution in [0.2, 0.25) is 0 Å². The standard InChI is InChI=1S/C24H33BrN2/c1-8-10-11-16(3)23-17(4)14-15-27(20(23)7)19(6)21-12-13-22(25)18(5)24(21)26-9-2/h9,12-13,20H,3,6,8,10-11,14-15H2,1-2,4-5,7H3. The molecule has 0 bridgehead atoms. The zero-order valence-electron chi connectivity index (χ0n) is 17.5. The molecule has 2 nitrogen and oxygen atoms in total. The van der Waals surface area contributed by atoms with Crippen molar-refractivity contribution < 1.29 is 0 Å². The zero-order chi connectivity index (χ0) is 20.1. The molecule has 0 N–H and O–H groups in total. The van der Waals surface area contributed by atoms with E-state index in [0.29, 0.717) is 0 Å². The fraction of sp³-hybridized carbons (Fsp3) is 0.458. The molecule has 0 aromatic heterocycles. The van der Waals surface area contributed by atoms with Gasteiger partial charge in [0.25, 0.3) is 0 Å². The van der Waals surface area contributed by atoms with Crippen molar-refractivity contribution in [2.24, 2.45) is 4.99 Å². The Morgan fingerprint density at radius 3 is 2.67 bits per heavy atom. The largest absolute Gasteiger partial charge is 0.364 e. The molecule has 0 radical (unpaired) electrons. The lowest BCUT2D eigenvalue weighted by atomic mass is 9.86. The Hall–Kier alpha value is -1.61. The van der Waals surface area contributed by atoms with Gasteiger partial charge in [-0.1, -0.05) is 48.0 Å². The lowest BCUT2D eigenvalue weighted by molar-refractivity contribution is 0.329. The van der Waals surface area contributed by atoms with Crippen LogP contribution in [0.1, 0.15) is 64.5 Å². The van der Waals surface area contributed by atoms with Gasteiger partial charge >= 0.3 is 0 Å². The van der Waals surface area contributed by atoms with Gasteiger partial charge in [0.1, 0.15) is 0 Å². The van der Waals surface area contributed by atoms with Crippen molar-refractivity contribution in [3.8, 4) is 0 Å². The first-order valence-corrected chi connectivity index (χ1v) is 10.7. The van der Waals surface area contributed by atoms with Crippen molar-refractivity contribution in [2.75, 3.05) is 6.54 Å². The minimum atomic E-state index is 0.290. The third-order valence-corrected chi connectivity index (χ3v) is 6.43. The number of hydrogen-bond donors (Lipinski definition) is 0. The van der Waals surface area contributed by atoms with E-state index in [1.165, 1.54) is 29.6 Å². The SMILES string of the molecule is C=C(CCCC)C1=C(C)CCN(C(=C)c2ccc(Br)c(C)c2N=CC)C1C. The highest BCUT2D eigenvalue weighted by Gasteiger charge is 2.28. The number of unbranched alkanes of at least 4 members (excludes halogenated alkanes) is 1. The molecule has 3 heteroatoms. The first kappa shape index (κ1) is 21.7. The maximum absolute atomic E-state index is 4.65. The molecule has 0 saturated carbocycles. The van der Waals surface area contributed by atoms with E-state index in [2.05, 4.69) is 78.8 Å². The van der Waals surface area contributed by atoms with Crippen LogP contribution in [0.5, 0.6) is 0 Å². The van der Waals surface area contributed by atoms with Crippen molar-refractivity contribution >= 4 is 33.5 Å². The lowest BCUT2D eigenvalue weighted by Crippen LogP contribution is -2.38. The number of aliphatic imine (C=N–C) groups is 1. The van der Waals surface area contributed by atoms with Crippen LogP contribution in [-0.4, -0.2) is 23.7 Å². The summed E-state index contributed by atoms with van der Waals surface area (Å²) >= 11 is 3.63. The molecule has 1 aliphatic rings. The Kier molecular flexibility index (Phi) is 7.67. The predicted octanol–water partition coefficient (Wildman–Crippen LogP) is 7.61. The van der Waals surface area contributed by atoms with E-state index in [9.17, 15) is 0 Å². The van der Waals surface area contributed by atoms with Gasteiger partial charge in [-0.3, -0.25) is 4.99 Å². The van der Waals surface area contributed by atoms with Gasteiger partial charge in [0, 0.05) is 28.5 Å². The van der Waals surface area contributed by atoms with Gasteiger partial charge in [-0.15, -0.1) is 0 Å². The third-order valence-electron chi connectivity index (χ3n) is 5.57. The summed E-state index contributed by atoms with van der Waals surface area (Å²) in [6, 6.07) is 4.52. The summed E-state index contributed by atoms with van der Waals surface area (Å²) in [4.78, 5) is 7.07. The molecule has 0 fully saturated rings. The molecule has 1 atom stereocenters. The van der Waals surface area contributed by atoms with E-state index in [-0.39, 0.29) is 6.04 Å². The fourth-order valence-corrected chi connectivity index (χ4v) is 4.30. The van der Waals surface area contributed by atoms with Gasteiger partial charge < -0.3 is 4.90 Å². The minimum absolute atomic E-state index is 0.290. The average molecular weight is 429 g/mol. The van der Waals surface area contributed by atoms with Crippen LogP contribution >= 0.6 is 15.9 Å². The summed E-state index contributed by atoms with van der Waals surface area (Å²) in [5.41, 5.74) is 8.50. The van der Waals surface area contributed by atoms with E-state index in [1.54, 1.807) is 0 Å². The lowest BCUT2D eigenvalue weighted by Gasteiger charge is -2.40. The minimum Gasteiger partial charge on any atom is -0.364 e. The Morgan fingerprint density at radius 2 is 2.04 bits per heavy atom.